The van der Waals surface area contributed by atoms with Crippen molar-refractivity contribution in [3.8, 4) is 0 Å². The summed E-state index contributed by atoms with van der Waals surface area (Å²) >= 11 is 0. The van der Waals surface area contributed by atoms with Crippen LogP contribution in [0.4, 0.5) is 0 Å². The molecule has 1 fully saturated rings. The van der Waals surface area contributed by atoms with E-state index in [4.69, 9.17) is 0 Å². The summed E-state index contributed by atoms with van der Waals surface area (Å²) < 4.78 is 0.905. The third-order valence-electron chi connectivity index (χ3n) is 3.60. The molecule has 0 aromatic heterocycles. The predicted octanol–water partition coefficient (Wildman–Crippen LogP) is 2.48. The van der Waals surface area contributed by atoms with Crippen molar-refractivity contribution in [3.63, 3.8) is 0 Å². The molecular formula is C15H16NO+. The minimum Gasteiger partial charge on any atom is -0.310 e. The number of hydrogen-bond donors (Lipinski definition) is 0. The van der Waals surface area contributed by atoms with E-state index in [9.17, 15) is 4.79 Å². The van der Waals surface area contributed by atoms with Crippen molar-refractivity contribution in [1.82, 2.24) is 0 Å². The van der Waals surface area contributed by atoms with Crippen LogP contribution in [0.15, 0.2) is 42.5 Å². The summed E-state index contributed by atoms with van der Waals surface area (Å²) in [6.07, 6.45) is 0. The Morgan fingerprint density at radius 2 is 1.82 bits per heavy atom. The number of fused-ring (bicyclic) bond motifs is 1. The van der Waals surface area contributed by atoms with Crippen molar-refractivity contribution in [3.05, 3.63) is 48.0 Å². The molecule has 3 rings (SSSR count). The summed E-state index contributed by atoms with van der Waals surface area (Å²) in [6, 6.07) is 14.1. The average Bonchev–Trinajstić information content (AvgIpc) is 3.06. The standard InChI is InChI=1S/C15H16NO/c1-16(9-10-16)11-15(17)14-8-4-6-12-5-2-3-7-13(12)14/h2-8H,9-11H2,1H3/q+1. The van der Waals surface area contributed by atoms with E-state index in [2.05, 4.69) is 19.2 Å². The Hall–Kier alpha value is -1.67. The number of ketones is 1. The highest BCUT2D eigenvalue weighted by atomic mass is 16.1. The van der Waals surface area contributed by atoms with Gasteiger partial charge in [0, 0.05) is 5.56 Å². The number of benzene rings is 2. The first-order valence-corrected chi connectivity index (χ1v) is 6.02. The lowest BCUT2D eigenvalue weighted by Gasteiger charge is -2.11. The van der Waals surface area contributed by atoms with Crippen molar-refractivity contribution < 1.29 is 9.28 Å². The van der Waals surface area contributed by atoms with E-state index < -0.39 is 0 Å². The van der Waals surface area contributed by atoms with Crippen molar-refractivity contribution >= 4 is 16.6 Å². The van der Waals surface area contributed by atoms with Crippen LogP contribution in [0.25, 0.3) is 10.8 Å². The number of hydrogen-bond acceptors (Lipinski definition) is 1. The first kappa shape index (κ1) is 10.5. The molecule has 86 valence electrons. The summed E-state index contributed by atoms with van der Waals surface area (Å²) in [6.45, 7) is 2.90. The smallest absolute Gasteiger partial charge is 0.217 e. The molecule has 1 aliphatic rings. The van der Waals surface area contributed by atoms with Crippen molar-refractivity contribution in [2.45, 2.75) is 0 Å². The van der Waals surface area contributed by atoms with E-state index in [1.54, 1.807) is 0 Å². The minimum atomic E-state index is 0.266. The molecule has 0 atom stereocenters. The van der Waals surface area contributed by atoms with Crippen molar-refractivity contribution in [1.29, 1.82) is 0 Å². The largest absolute Gasteiger partial charge is 0.310 e. The first-order valence-electron chi connectivity index (χ1n) is 6.02. The quantitative estimate of drug-likeness (QED) is 0.446. The van der Waals surface area contributed by atoms with Gasteiger partial charge in [0.2, 0.25) is 5.78 Å². The Morgan fingerprint density at radius 3 is 2.59 bits per heavy atom. The van der Waals surface area contributed by atoms with E-state index >= 15 is 0 Å². The molecule has 2 heteroatoms. The predicted molar refractivity (Wildman–Crippen MR) is 69.1 cm³/mol. The number of carbonyl (C=O) groups is 1. The van der Waals surface area contributed by atoms with Gasteiger partial charge in [-0.15, -0.1) is 0 Å². The Balaban J connectivity index is 2.01. The molecule has 17 heavy (non-hydrogen) atoms. The second-order valence-corrected chi connectivity index (χ2v) is 5.17. The van der Waals surface area contributed by atoms with Gasteiger partial charge in [0.05, 0.1) is 7.05 Å². The minimum absolute atomic E-state index is 0.266. The lowest BCUT2D eigenvalue weighted by atomic mass is 10.0. The lowest BCUT2D eigenvalue weighted by Crippen LogP contribution is -2.27. The van der Waals surface area contributed by atoms with Gasteiger partial charge >= 0.3 is 0 Å². The van der Waals surface area contributed by atoms with Crippen LogP contribution in [0, 0.1) is 0 Å². The second-order valence-electron chi connectivity index (χ2n) is 5.17. The molecule has 0 aliphatic carbocycles. The highest BCUT2D eigenvalue weighted by molar-refractivity contribution is 6.08. The van der Waals surface area contributed by atoms with Crippen LogP contribution >= 0.6 is 0 Å². The molecule has 0 radical (unpaired) electrons. The van der Waals surface area contributed by atoms with Gasteiger partial charge in [0.25, 0.3) is 0 Å². The molecule has 1 heterocycles. The van der Waals surface area contributed by atoms with Crippen molar-refractivity contribution in [2.75, 3.05) is 26.7 Å². The maximum Gasteiger partial charge on any atom is 0.217 e. The van der Waals surface area contributed by atoms with E-state index in [0.717, 1.165) is 33.9 Å². The van der Waals surface area contributed by atoms with Gasteiger partial charge in [-0.2, -0.15) is 0 Å². The summed E-state index contributed by atoms with van der Waals surface area (Å²) in [4.78, 5) is 12.3. The average molecular weight is 226 g/mol. The summed E-state index contributed by atoms with van der Waals surface area (Å²) in [5.41, 5.74) is 0.870. The Bertz CT molecular complexity index is 579. The van der Waals surface area contributed by atoms with Gasteiger partial charge in [-0.05, 0) is 10.8 Å². The van der Waals surface area contributed by atoms with Crippen molar-refractivity contribution in [2.24, 2.45) is 0 Å². The molecule has 1 aliphatic heterocycles. The SMILES string of the molecule is C[N+]1(CC(=O)c2cccc3ccccc23)CC1. The van der Waals surface area contributed by atoms with Crippen LogP contribution in [0.3, 0.4) is 0 Å². The number of carbonyl (C=O) groups excluding carboxylic acids is 1. The molecule has 2 nitrogen and oxygen atoms in total. The van der Waals surface area contributed by atoms with Gasteiger partial charge in [-0.25, -0.2) is 0 Å². The fraction of sp³-hybridized carbons (Fsp3) is 0.267. The monoisotopic (exact) mass is 226 g/mol. The summed E-state index contributed by atoms with van der Waals surface area (Å²) in [5.74, 6) is 0.266. The topological polar surface area (TPSA) is 17.1 Å². The lowest BCUT2D eigenvalue weighted by molar-refractivity contribution is -0.767. The number of Topliss-reactive ketones (excluding diaryl/α,β-unsaturated/α-hetero) is 1. The molecule has 0 amide bonds. The molecule has 0 bridgehead atoms. The molecule has 0 unspecified atom stereocenters. The van der Waals surface area contributed by atoms with Crippen LogP contribution in [-0.2, 0) is 0 Å². The number of quaternary nitrogens is 1. The third kappa shape index (κ3) is 1.96. The highest BCUT2D eigenvalue weighted by Gasteiger charge is 2.39. The molecule has 0 spiro atoms. The molecule has 0 saturated carbocycles. The number of nitrogens with zero attached hydrogens (tertiary/aromatic N) is 1. The molecular weight excluding hydrogens is 210 g/mol. The molecule has 1 saturated heterocycles. The van der Waals surface area contributed by atoms with Crippen LogP contribution in [0.2, 0.25) is 0 Å². The zero-order chi connectivity index (χ0) is 11.9. The zero-order valence-corrected chi connectivity index (χ0v) is 10.0. The van der Waals surface area contributed by atoms with Crippen LogP contribution in [0.5, 0.6) is 0 Å². The van der Waals surface area contributed by atoms with Gasteiger partial charge in [-0.3, -0.25) is 4.79 Å². The number of likely N-dealkylation sites (N-methyl/N-ethyl adjacent to an activating group) is 1. The normalized spacial score (nSPS) is 17.0. The Labute approximate surface area is 101 Å². The van der Waals surface area contributed by atoms with Gasteiger partial charge in [-0.1, -0.05) is 42.5 Å². The Kier molecular flexibility index (Phi) is 2.26. The van der Waals surface area contributed by atoms with E-state index in [1.165, 1.54) is 0 Å². The van der Waals surface area contributed by atoms with Gasteiger partial charge in [0.1, 0.15) is 19.6 Å². The fourth-order valence-corrected chi connectivity index (χ4v) is 2.23. The zero-order valence-electron chi connectivity index (χ0n) is 10.0. The van der Waals surface area contributed by atoms with E-state index in [0.29, 0.717) is 6.54 Å². The summed E-state index contributed by atoms with van der Waals surface area (Å²) in [7, 11) is 2.14. The van der Waals surface area contributed by atoms with E-state index in [-0.39, 0.29) is 5.78 Å². The third-order valence-corrected chi connectivity index (χ3v) is 3.60. The van der Waals surface area contributed by atoms with Gasteiger partial charge in [0.15, 0.2) is 0 Å². The molecule has 2 aromatic carbocycles. The van der Waals surface area contributed by atoms with Crippen LogP contribution in [-0.4, -0.2) is 36.9 Å². The summed E-state index contributed by atoms with van der Waals surface area (Å²) in [5, 5.41) is 2.22. The number of rotatable bonds is 3. The first-order chi connectivity index (χ1) is 8.18. The molecule has 2 aromatic rings. The fourth-order valence-electron chi connectivity index (χ4n) is 2.23. The van der Waals surface area contributed by atoms with Gasteiger partial charge < -0.3 is 4.48 Å². The van der Waals surface area contributed by atoms with Crippen LogP contribution < -0.4 is 0 Å². The van der Waals surface area contributed by atoms with Crippen LogP contribution in [0.1, 0.15) is 10.4 Å². The maximum absolute atomic E-state index is 12.3. The molecule has 0 N–H and O–H groups in total. The maximum atomic E-state index is 12.3. The highest BCUT2D eigenvalue weighted by Crippen LogP contribution is 2.22. The second kappa shape index (κ2) is 3.67. The van der Waals surface area contributed by atoms with E-state index in [1.807, 2.05) is 30.3 Å². The Morgan fingerprint density at radius 1 is 1.12 bits per heavy atom.